The smallest absolute Gasteiger partial charge is 0.255 e. The minimum atomic E-state index is -1.68. The summed E-state index contributed by atoms with van der Waals surface area (Å²) >= 11 is 0. The van der Waals surface area contributed by atoms with E-state index in [0.717, 1.165) is 11.6 Å². The molecule has 0 aliphatic rings. The van der Waals surface area contributed by atoms with Crippen LogP contribution in [0.5, 0.6) is 0 Å². The van der Waals surface area contributed by atoms with Gasteiger partial charge in [0, 0.05) is 30.1 Å². The molecule has 0 spiro atoms. The largest absolute Gasteiger partial charge is 0.348 e. The first-order valence-electron chi connectivity index (χ1n) is 8.17. The minimum Gasteiger partial charge on any atom is -0.348 e. The van der Waals surface area contributed by atoms with Gasteiger partial charge in [0.2, 0.25) is 0 Å². The number of hydrogen-bond donors (Lipinski definition) is 2. The van der Waals surface area contributed by atoms with Crippen molar-refractivity contribution in [1.29, 1.82) is 0 Å². The van der Waals surface area contributed by atoms with Crippen molar-refractivity contribution in [2.45, 2.75) is 6.54 Å². The number of amides is 2. The SMILES string of the molecule is O=C(NCc1cccnc1)c1cccc(C(=O)Nc2ccc(F)c(F)c2F)c1. The highest BCUT2D eigenvalue weighted by molar-refractivity contribution is 6.06. The third-order valence-electron chi connectivity index (χ3n) is 3.85. The van der Waals surface area contributed by atoms with Gasteiger partial charge in [0.15, 0.2) is 17.5 Å². The Morgan fingerprint density at radius 2 is 1.64 bits per heavy atom. The summed E-state index contributed by atoms with van der Waals surface area (Å²) < 4.78 is 40.0. The summed E-state index contributed by atoms with van der Waals surface area (Å²) in [4.78, 5) is 28.5. The Balaban J connectivity index is 1.71. The van der Waals surface area contributed by atoms with E-state index < -0.39 is 35.0 Å². The number of nitrogens with one attached hydrogen (secondary N) is 2. The number of hydrogen-bond acceptors (Lipinski definition) is 3. The van der Waals surface area contributed by atoms with Crippen LogP contribution in [0.2, 0.25) is 0 Å². The second-order valence-corrected chi connectivity index (χ2v) is 5.80. The van der Waals surface area contributed by atoms with Crippen LogP contribution in [0.3, 0.4) is 0 Å². The molecule has 0 radical (unpaired) electrons. The van der Waals surface area contributed by atoms with Gasteiger partial charge in [-0.1, -0.05) is 12.1 Å². The Hall–Kier alpha value is -3.68. The number of aromatic nitrogens is 1. The second kappa shape index (κ2) is 8.34. The first-order valence-corrected chi connectivity index (χ1v) is 8.17. The summed E-state index contributed by atoms with van der Waals surface area (Å²) in [6.45, 7) is 0.253. The predicted molar refractivity (Wildman–Crippen MR) is 96.1 cm³/mol. The van der Waals surface area contributed by atoms with Gasteiger partial charge in [0.05, 0.1) is 5.69 Å². The summed E-state index contributed by atoms with van der Waals surface area (Å²) in [6.07, 6.45) is 3.23. The zero-order valence-electron chi connectivity index (χ0n) is 14.4. The van der Waals surface area contributed by atoms with Crippen LogP contribution in [0.4, 0.5) is 18.9 Å². The van der Waals surface area contributed by atoms with E-state index in [-0.39, 0.29) is 17.7 Å². The van der Waals surface area contributed by atoms with E-state index in [1.807, 2.05) is 0 Å². The number of halogens is 3. The molecule has 0 saturated heterocycles. The summed E-state index contributed by atoms with van der Waals surface area (Å²) in [5.74, 6) is -5.73. The Labute approximate surface area is 158 Å². The molecule has 0 aliphatic heterocycles. The molecule has 1 aromatic heterocycles. The molecule has 0 bridgehead atoms. The summed E-state index contributed by atoms with van der Waals surface area (Å²) in [5.41, 5.74) is 0.564. The number of anilines is 1. The molecular formula is C20H14F3N3O2. The Morgan fingerprint density at radius 3 is 2.36 bits per heavy atom. The van der Waals surface area contributed by atoms with Gasteiger partial charge in [-0.25, -0.2) is 13.2 Å². The lowest BCUT2D eigenvalue weighted by molar-refractivity contribution is 0.0951. The molecule has 0 unspecified atom stereocenters. The lowest BCUT2D eigenvalue weighted by atomic mass is 10.1. The van der Waals surface area contributed by atoms with Crippen molar-refractivity contribution in [3.63, 3.8) is 0 Å². The quantitative estimate of drug-likeness (QED) is 0.658. The normalized spacial score (nSPS) is 10.4. The fourth-order valence-electron chi connectivity index (χ4n) is 2.41. The fourth-order valence-corrected chi connectivity index (χ4v) is 2.41. The van der Waals surface area contributed by atoms with Crippen molar-refractivity contribution in [3.8, 4) is 0 Å². The summed E-state index contributed by atoms with van der Waals surface area (Å²) in [6, 6.07) is 10.9. The van der Waals surface area contributed by atoms with Gasteiger partial charge >= 0.3 is 0 Å². The van der Waals surface area contributed by atoms with Gasteiger partial charge in [0.1, 0.15) is 0 Å². The Bertz CT molecular complexity index is 1030. The van der Waals surface area contributed by atoms with Crippen LogP contribution in [-0.2, 0) is 6.54 Å². The molecule has 2 N–H and O–H groups in total. The number of benzene rings is 2. The van der Waals surface area contributed by atoms with Crippen molar-refractivity contribution in [2.24, 2.45) is 0 Å². The molecule has 3 rings (SSSR count). The topological polar surface area (TPSA) is 71.1 Å². The van der Waals surface area contributed by atoms with Crippen molar-refractivity contribution in [2.75, 3.05) is 5.32 Å². The number of carbonyl (C=O) groups excluding carboxylic acids is 2. The number of nitrogens with zero attached hydrogens (tertiary/aromatic N) is 1. The van der Waals surface area contributed by atoms with Gasteiger partial charge in [0.25, 0.3) is 11.8 Å². The highest BCUT2D eigenvalue weighted by Crippen LogP contribution is 2.20. The van der Waals surface area contributed by atoms with Crippen LogP contribution < -0.4 is 10.6 Å². The average molecular weight is 385 g/mol. The molecule has 2 aromatic carbocycles. The van der Waals surface area contributed by atoms with E-state index in [0.29, 0.717) is 6.07 Å². The third-order valence-corrected chi connectivity index (χ3v) is 3.85. The lowest BCUT2D eigenvalue weighted by Gasteiger charge is -2.09. The molecule has 0 aliphatic carbocycles. The van der Waals surface area contributed by atoms with Gasteiger partial charge in [-0.05, 0) is 42.0 Å². The molecule has 0 atom stereocenters. The zero-order chi connectivity index (χ0) is 20.1. The van der Waals surface area contributed by atoms with E-state index in [2.05, 4.69) is 15.6 Å². The third kappa shape index (κ3) is 4.35. The van der Waals surface area contributed by atoms with Crippen LogP contribution in [0.25, 0.3) is 0 Å². The molecule has 0 fully saturated rings. The van der Waals surface area contributed by atoms with Crippen LogP contribution in [0.15, 0.2) is 60.9 Å². The minimum absolute atomic E-state index is 0.0539. The molecule has 28 heavy (non-hydrogen) atoms. The summed E-state index contributed by atoms with van der Waals surface area (Å²) in [5, 5.41) is 4.85. The van der Waals surface area contributed by atoms with Gasteiger partial charge < -0.3 is 10.6 Å². The van der Waals surface area contributed by atoms with Crippen LogP contribution in [0, 0.1) is 17.5 Å². The van der Waals surface area contributed by atoms with Gasteiger partial charge in [-0.3, -0.25) is 14.6 Å². The highest BCUT2D eigenvalue weighted by atomic mass is 19.2. The molecule has 0 saturated carbocycles. The van der Waals surface area contributed by atoms with E-state index in [4.69, 9.17) is 0 Å². The van der Waals surface area contributed by atoms with E-state index in [1.54, 1.807) is 24.5 Å². The monoisotopic (exact) mass is 385 g/mol. The molecule has 2 amide bonds. The van der Waals surface area contributed by atoms with E-state index in [9.17, 15) is 22.8 Å². The van der Waals surface area contributed by atoms with Crippen LogP contribution in [-0.4, -0.2) is 16.8 Å². The Morgan fingerprint density at radius 1 is 0.893 bits per heavy atom. The molecular weight excluding hydrogens is 371 g/mol. The highest BCUT2D eigenvalue weighted by Gasteiger charge is 2.17. The maximum atomic E-state index is 13.7. The molecule has 8 heteroatoms. The predicted octanol–water partition coefficient (Wildman–Crippen LogP) is 3.68. The number of pyridine rings is 1. The van der Waals surface area contributed by atoms with Crippen molar-refractivity contribution >= 4 is 17.5 Å². The second-order valence-electron chi connectivity index (χ2n) is 5.80. The zero-order valence-corrected chi connectivity index (χ0v) is 14.4. The standard InChI is InChI=1S/C20H14F3N3O2/c21-15-6-7-16(18(23)17(15)22)26-20(28)14-5-1-4-13(9-14)19(27)25-11-12-3-2-8-24-10-12/h1-10H,11H2,(H,25,27)(H,26,28). The Kier molecular flexibility index (Phi) is 5.69. The van der Waals surface area contributed by atoms with Crippen LogP contribution in [0.1, 0.15) is 26.3 Å². The molecule has 5 nitrogen and oxygen atoms in total. The van der Waals surface area contributed by atoms with Crippen molar-refractivity contribution in [3.05, 3.63) is 95.1 Å². The maximum absolute atomic E-state index is 13.7. The first kappa shape index (κ1) is 19.1. The lowest BCUT2D eigenvalue weighted by Crippen LogP contribution is -2.23. The first-order chi connectivity index (χ1) is 13.5. The molecule has 1 heterocycles. The van der Waals surface area contributed by atoms with E-state index >= 15 is 0 Å². The fraction of sp³-hybridized carbons (Fsp3) is 0.0500. The number of rotatable bonds is 5. The van der Waals surface area contributed by atoms with Crippen molar-refractivity contribution < 1.29 is 22.8 Å². The van der Waals surface area contributed by atoms with Gasteiger partial charge in [-0.2, -0.15) is 0 Å². The van der Waals surface area contributed by atoms with Crippen molar-refractivity contribution in [1.82, 2.24) is 10.3 Å². The van der Waals surface area contributed by atoms with Crippen LogP contribution >= 0.6 is 0 Å². The number of carbonyl (C=O) groups is 2. The molecule has 142 valence electrons. The maximum Gasteiger partial charge on any atom is 0.255 e. The van der Waals surface area contributed by atoms with Gasteiger partial charge in [-0.15, -0.1) is 0 Å². The van der Waals surface area contributed by atoms with E-state index in [1.165, 1.54) is 24.3 Å². The average Bonchev–Trinajstić information content (AvgIpc) is 2.73. The summed E-state index contributed by atoms with van der Waals surface area (Å²) in [7, 11) is 0. The molecule has 3 aromatic rings.